The van der Waals surface area contributed by atoms with Crippen molar-refractivity contribution in [3.05, 3.63) is 23.8 Å². The first-order valence-electron chi connectivity index (χ1n) is 9.09. The van der Waals surface area contributed by atoms with E-state index in [-0.39, 0.29) is 5.75 Å². The number of phenolic OH excluding ortho intramolecular Hbond substituents is 1. The number of hydrogen-bond acceptors (Lipinski definition) is 4. The fourth-order valence-electron chi connectivity index (χ4n) is 2.35. The van der Waals surface area contributed by atoms with Crippen molar-refractivity contribution in [3.8, 4) is 11.5 Å². The van der Waals surface area contributed by atoms with Gasteiger partial charge in [-0.3, -0.25) is 9.59 Å². The van der Waals surface area contributed by atoms with Crippen molar-refractivity contribution in [1.29, 1.82) is 0 Å². The largest absolute Gasteiger partial charge is 0.504 e. The van der Waals surface area contributed by atoms with Gasteiger partial charge in [-0.1, -0.05) is 58.3 Å². The number of methoxy groups -OCH3 is 1. The van der Waals surface area contributed by atoms with Crippen LogP contribution in [0.15, 0.2) is 18.2 Å². The number of hydrogen-bond donors (Lipinski definition) is 2. The molecule has 0 radical (unpaired) electrons. The maximum Gasteiger partial charge on any atom is 0.303 e. The Morgan fingerprint density at radius 1 is 1.04 bits per heavy atom. The van der Waals surface area contributed by atoms with E-state index in [0.29, 0.717) is 24.0 Å². The highest BCUT2D eigenvalue weighted by Gasteiger charge is 2.00. The molecular weight excluding hydrogens is 320 g/mol. The van der Waals surface area contributed by atoms with Crippen LogP contribution in [0, 0.1) is 0 Å². The molecule has 0 amide bonds. The van der Waals surface area contributed by atoms with E-state index in [2.05, 4.69) is 6.92 Å². The zero-order chi connectivity index (χ0) is 18.9. The summed E-state index contributed by atoms with van der Waals surface area (Å²) in [7, 11) is 1.43. The lowest BCUT2D eigenvalue weighted by atomic mass is 10.1. The topological polar surface area (TPSA) is 83.8 Å². The smallest absolute Gasteiger partial charge is 0.303 e. The van der Waals surface area contributed by atoms with E-state index < -0.39 is 5.97 Å². The van der Waals surface area contributed by atoms with Crippen molar-refractivity contribution in [3.63, 3.8) is 0 Å². The van der Waals surface area contributed by atoms with Crippen LogP contribution in [0.25, 0.3) is 0 Å². The summed E-state index contributed by atoms with van der Waals surface area (Å²) in [5.74, 6) is -0.305. The SMILES string of the molecule is CCCCCCCCCCCC(=O)O.COc1cc(C=O)ccc1O. The molecule has 1 aromatic rings. The van der Waals surface area contributed by atoms with Crippen LogP contribution in [0.4, 0.5) is 0 Å². The molecule has 1 rings (SSSR count). The van der Waals surface area contributed by atoms with E-state index in [4.69, 9.17) is 14.9 Å². The third-order valence-corrected chi connectivity index (χ3v) is 3.83. The molecule has 25 heavy (non-hydrogen) atoms. The lowest BCUT2D eigenvalue weighted by Gasteiger charge is -2.01. The quantitative estimate of drug-likeness (QED) is 0.399. The van der Waals surface area contributed by atoms with Gasteiger partial charge in [0.05, 0.1) is 7.11 Å². The highest BCUT2D eigenvalue weighted by Crippen LogP contribution is 2.25. The monoisotopic (exact) mass is 352 g/mol. The summed E-state index contributed by atoms with van der Waals surface area (Å²) in [4.78, 5) is 20.5. The van der Waals surface area contributed by atoms with Gasteiger partial charge in [0.1, 0.15) is 6.29 Å². The Hall–Kier alpha value is -2.04. The summed E-state index contributed by atoms with van der Waals surface area (Å²) in [6, 6.07) is 4.41. The van der Waals surface area contributed by atoms with Crippen molar-refractivity contribution in [2.75, 3.05) is 7.11 Å². The first kappa shape index (κ1) is 23.0. The van der Waals surface area contributed by atoms with Gasteiger partial charge >= 0.3 is 5.97 Å². The number of aromatic hydroxyl groups is 1. The molecule has 0 aliphatic rings. The van der Waals surface area contributed by atoms with Crippen molar-refractivity contribution in [2.45, 2.75) is 71.1 Å². The van der Waals surface area contributed by atoms with Crippen LogP contribution in [-0.2, 0) is 4.79 Å². The summed E-state index contributed by atoms with van der Waals surface area (Å²) < 4.78 is 4.78. The maximum atomic E-state index is 10.2. The Labute approximate surface area is 151 Å². The van der Waals surface area contributed by atoms with Gasteiger partial charge in [-0.25, -0.2) is 0 Å². The Morgan fingerprint density at radius 2 is 1.60 bits per heavy atom. The number of aliphatic carboxylic acids is 1. The maximum absolute atomic E-state index is 10.2. The standard InChI is InChI=1S/C12H24O2.C8H8O3/c1-2-3-4-5-6-7-8-9-10-11-12(13)14;1-11-8-4-6(5-9)2-3-7(8)10/h2-11H2,1H3,(H,13,14);2-5,10H,1H3. The molecule has 5 heteroatoms. The zero-order valence-electron chi connectivity index (χ0n) is 15.5. The van der Waals surface area contributed by atoms with Gasteiger partial charge in [-0.15, -0.1) is 0 Å². The predicted octanol–water partition coefficient (Wildman–Crippen LogP) is 5.21. The molecule has 0 fully saturated rings. The summed E-state index contributed by atoms with van der Waals surface area (Å²) >= 11 is 0. The highest BCUT2D eigenvalue weighted by molar-refractivity contribution is 5.76. The predicted molar refractivity (Wildman–Crippen MR) is 99.5 cm³/mol. The molecule has 1 aromatic carbocycles. The lowest BCUT2D eigenvalue weighted by Crippen LogP contribution is -1.93. The molecule has 0 saturated carbocycles. The normalized spacial score (nSPS) is 9.84. The third-order valence-electron chi connectivity index (χ3n) is 3.83. The summed E-state index contributed by atoms with van der Waals surface area (Å²) in [6.45, 7) is 2.23. The van der Waals surface area contributed by atoms with Gasteiger partial charge < -0.3 is 14.9 Å². The number of phenols is 1. The first-order valence-corrected chi connectivity index (χ1v) is 9.09. The molecule has 0 heterocycles. The van der Waals surface area contributed by atoms with E-state index in [0.717, 1.165) is 12.8 Å². The number of unbranched alkanes of at least 4 members (excludes halogenated alkanes) is 8. The summed E-state index contributed by atoms with van der Waals surface area (Å²) in [6.07, 6.45) is 12.2. The average Bonchev–Trinajstić information content (AvgIpc) is 2.61. The van der Waals surface area contributed by atoms with Gasteiger partial charge in [0.25, 0.3) is 0 Å². The second kappa shape index (κ2) is 15.5. The second-order valence-corrected chi connectivity index (χ2v) is 6.02. The minimum atomic E-state index is -0.659. The Kier molecular flexibility index (Phi) is 14.2. The van der Waals surface area contributed by atoms with Gasteiger partial charge in [0, 0.05) is 12.0 Å². The van der Waals surface area contributed by atoms with Crippen LogP contribution in [0.3, 0.4) is 0 Å². The molecule has 0 atom stereocenters. The second-order valence-electron chi connectivity index (χ2n) is 6.02. The molecule has 0 bridgehead atoms. The fourth-order valence-corrected chi connectivity index (χ4v) is 2.35. The van der Waals surface area contributed by atoms with Crippen LogP contribution in [0.1, 0.15) is 81.5 Å². The van der Waals surface area contributed by atoms with Crippen LogP contribution in [0.2, 0.25) is 0 Å². The summed E-state index contributed by atoms with van der Waals surface area (Å²) in [5, 5.41) is 17.5. The van der Waals surface area contributed by atoms with Crippen molar-refractivity contribution in [1.82, 2.24) is 0 Å². The number of aldehydes is 1. The number of carboxylic acid groups (broad SMARTS) is 1. The number of rotatable bonds is 12. The molecular formula is C20H32O5. The highest BCUT2D eigenvalue weighted by atomic mass is 16.5. The minimum Gasteiger partial charge on any atom is -0.504 e. The molecule has 0 aliphatic carbocycles. The van der Waals surface area contributed by atoms with Crippen LogP contribution >= 0.6 is 0 Å². The lowest BCUT2D eigenvalue weighted by molar-refractivity contribution is -0.137. The third kappa shape index (κ3) is 13.0. The molecule has 0 aliphatic heterocycles. The van der Waals surface area contributed by atoms with Gasteiger partial charge in [-0.2, -0.15) is 0 Å². The number of carbonyl (C=O) groups is 2. The van der Waals surface area contributed by atoms with Crippen molar-refractivity contribution >= 4 is 12.3 Å². The summed E-state index contributed by atoms with van der Waals surface area (Å²) in [5.41, 5.74) is 0.486. The molecule has 0 spiro atoms. The Bertz CT molecular complexity index is 485. The number of benzene rings is 1. The van der Waals surface area contributed by atoms with Gasteiger partial charge in [0.15, 0.2) is 11.5 Å². The average molecular weight is 352 g/mol. The molecule has 142 valence electrons. The van der Waals surface area contributed by atoms with Crippen LogP contribution < -0.4 is 4.74 Å². The number of carboxylic acids is 1. The van der Waals surface area contributed by atoms with Gasteiger partial charge in [0.2, 0.25) is 0 Å². The van der Waals surface area contributed by atoms with Crippen molar-refractivity contribution in [2.24, 2.45) is 0 Å². The van der Waals surface area contributed by atoms with E-state index in [9.17, 15) is 9.59 Å². The van der Waals surface area contributed by atoms with E-state index in [1.807, 2.05) is 0 Å². The molecule has 5 nitrogen and oxygen atoms in total. The number of ether oxygens (including phenoxy) is 1. The molecule has 0 unspecified atom stereocenters. The fraction of sp³-hybridized carbons (Fsp3) is 0.600. The molecule has 0 saturated heterocycles. The van der Waals surface area contributed by atoms with Crippen LogP contribution in [-0.4, -0.2) is 29.6 Å². The first-order chi connectivity index (χ1) is 12.0. The Morgan fingerprint density at radius 3 is 2.08 bits per heavy atom. The Balaban J connectivity index is 0.000000472. The van der Waals surface area contributed by atoms with E-state index >= 15 is 0 Å². The zero-order valence-corrected chi connectivity index (χ0v) is 15.5. The van der Waals surface area contributed by atoms with E-state index in [1.165, 1.54) is 70.3 Å². The van der Waals surface area contributed by atoms with Crippen LogP contribution in [0.5, 0.6) is 11.5 Å². The molecule has 0 aromatic heterocycles. The van der Waals surface area contributed by atoms with Gasteiger partial charge in [-0.05, 0) is 24.6 Å². The van der Waals surface area contributed by atoms with E-state index in [1.54, 1.807) is 0 Å². The number of carbonyl (C=O) groups excluding carboxylic acids is 1. The van der Waals surface area contributed by atoms with Crippen molar-refractivity contribution < 1.29 is 24.5 Å². The molecule has 2 N–H and O–H groups in total. The minimum absolute atomic E-state index is 0.0399.